The van der Waals surface area contributed by atoms with Gasteiger partial charge in [-0.3, -0.25) is 4.90 Å². The summed E-state index contributed by atoms with van der Waals surface area (Å²) in [4.78, 5) is 2.80. The first-order valence-electron chi connectivity index (χ1n) is 7.48. The molecule has 2 fully saturated rings. The number of alkyl halides is 1. The van der Waals surface area contributed by atoms with Gasteiger partial charge >= 0.3 is 0 Å². The smallest absolute Gasteiger partial charge is 0.244 e. The van der Waals surface area contributed by atoms with E-state index >= 15 is 0 Å². The molecule has 0 amide bonds. The molecule has 3 heterocycles. The first kappa shape index (κ1) is 15.3. The maximum Gasteiger partial charge on any atom is 0.244 e. The molecule has 2 aliphatic heterocycles. The SMILES string of the molecule is Cn1cc(S(=O)(=O)N2CCN3CCCCC3C2)cc1CCl. The highest BCUT2D eigenvalue weighted by Gasteiger charge is 2.35. The van der Waals surface area contributed by atoms with Gasteiger partial charge in [0.2, 0.25) is 10.0 Å². The van der Waals surface area contributed by atoms with Crippen LogP contribution in [0.2, 0.25) is 0 Å². The summed E-state index contributed by atoms with van der Waals surface area (Å²) in [6.45, 7) is 3.16. The molecule has 0 radical (unpaired) electrons. The number of nitrogens with zero attached hydrogens (tertiary/aromatic N) is 3. The third-order valence-electron chi connectivity index (χ3n) is 4.66. The Balaban J connectivity index is 1.81. The second-order valence-corrected chi connectivity index (χ2v) is 8.17. The molecule has 5 nitrogen and oxygen atoms in total. The Bertz CT molecular complexity index is 614. The summed E-state index contributed by atoms with van der Waals surface area (Å²) in [7, 11) is -1.57. The molecule has 0 N–H and O–H groups in total. The lowest BCUT2D eigenvalue weighted by atomic mass is 10.0. The van der Waals surface area contributed by atoms with E-state index in [1.54, 1.807) is 21.1 Å². The van der Waals surface area contributed by atoms with Crippen LogP contribution in [0.25, 0.3) is 0 Å². The second kappa shape index (κ2) is 5.91. The van der Waals surface area contributed by atoms with E-state index in [4.69, 9.17) is 11.6 Å². The highest BCUT2D eigenvalue weighted by atomic mass is 35.5. The van der Waals surface area contributed by atoms with E-state index in [2.05, 4.69) is 4.90 Å². The predicted molar refractivity (Wildman–Crippen MR) is 82.9 cm³/mol. The van der Waals surface area contributed by atoms with Crippen molar-refractivity contribution in [1.29, 1.82) is 0 Å². The van der Waals surface area contributed by atoms with E-state index in [1.165, 1.54) is 12.8 Å². The molecule has 1 aromatic heterocycles. The van der Waals surface area contributed by atoms with Gasteiger partial charge in [-0.05, 0) is 25.5 Å². The fourth-order valence-corrected chi connectivity index (χ4v) is 5.18. The molecule has 0 aliphatic carbocycles. The van der Waals surface area contributed by atoms with Crippen molar-refractivity contribution < 1.29 is 8.42 Å². The fourth-order valence-electron chi connectivity index (χ4n) is 3.35. The van der Waals surface area contributed by atoms with Crippen LogP contribution in [0.3, 0.4) is 0 Å². The summed E-state index contributed by atoms with van der Waals surface area (Å²) < 4.78 is 29.0. The normalized spacial score (nSPS) is 25.0. The number of rotatable bonds is 3. The van der Waals surface area contributed by atoms with E-state index in [0.29, 0.717) is 29.9 Å². The molecule has 2 saturated heterocycles. The van der Waals surface area contributed by atoms with Gasteiger partial charge in [0.05, 0.1) is 5.88 Å². The van der Waals surface area contributed by atoms with E-state index in [1.807, 2.05) is 7.05 Å². The monoisotopic (exact) mass is 331 g/mol. The molecule has 118 valence electrons. The zero-order valence-electron chi connectivity index (χ0n) is 12.3. The van der Waals surface area contributed by atoms with Crippen molar-refractivity contribution in [3.05, 3.63) is 18.0 Å². The van der Waals surface area contributed by atoms with Crippen LogP contribution in [-0.2, 0) is 23.0 Å². The van der Waals surface area contributed by atoms with Crippen molar-refractivity contribution in [3.63, 3.8) is 0 Å². The van der Waals surface area contributed by atoms with Gasteiger partial charge < -0.3 is 4.57 Å². The largest absolute Gasteiger partial charge is 0.352 e. The zero-order chi connectivity index (χ0) is 15.0. The molecule has 7 heteroatoms. The van der Waals surface area contributed by atoms with E-state index in [9.17, 15) is 8.42 Å². The summed E-state index contributed by atoms with van der Waals surface area (Å²) in [5, 5.41) is 0. The van der Waals surface area contributed by atoms with Gasteiger partial charge in [0, 0.05) is 44.6 Å². The van der Waals surface area contributed by atoms with Crippen molar-refractivity contribution in [2.75, 3.05) is 26.2 Å². The van der Waals surface area contributed by atoms with Crippen LogP contribution in [0.1, 0.15) is 25.0 Å². The number of piperazine rings is 1. The van der Waals surface area contributed by atoms with E-state index in [0.717, 1.165) is 25.2 Å². The number of fused-ring (bicyclic) bond motifs is 1. The minimum atomic E-state index is -3.40. The average Bonchev–Trinajstić information content (AvgIpc) is 2.88. The number of aryl methyl sites for hydroxylation is 1. The molecule has 0 saturated carbocycles. The Hall–Kier alpha value is -0.560. The quantitative estimate of drug-likeness (QED) is 0.791. The molecular formula is C14H22ClN3O2S. The second-order valence-electron chi connectivity index (χ2n) is 5.96. The van der Waals surface area contributed by atoms with Gasteiger partial charge in [-0.2, -0.15) is 4.31 Å². The Kier molecular flexibility index (Phi) is 4.32. The third kappa shape index (κ3) is 2.86. The zero-order valence-corrected chi connectivity index (χ0v) is 13.9. The number of hydrogen-bond donors (Lipinski definition) is 0. The number of halogens is 1. The Morgan fingerprint density at radius 3 is 2.81 bits per heavy atom. The number of aromatic nitrogens is 1. The van der Waals surface area contributed by atoms with Gasteiger partial charge in [0.1, 0.15) is 4.90 Å². The minimum Gasteiger partial charge on any atom is -0.352 e. The molecule has 1 atom stereocenters. The van der Waals surface area contributed by atoms with Crippen LogP contribution in [0.5, 0.6) is 0 Å². The van der Waals surface area contributed by atoms with Gasteiger partial charge in [0.25, 0.3) is 0 Å². The molecule has 2 aliphatic rings. The minimum absolute atomic E-state index is 0.322. The topological polar surface area (TPSA) is 45.6 Å². The fraction of sp³-hybridized carbons (Fsp3) is 0.714. The van der Waals surface area contributed by atoms with E-state index < -0.39 is 10.0 Å². The third-order valence-corrected chi connectivity index (χ3v) is 6.76. The average molecular weight is 332 g/mol. The van der Waals surface area contributed by atoms with Crippen molar-refractivity contribution in [2.45, 2.75) is 36.1 Å². The Morgan fingerprint density at radius 2 is 2.10 bits per heavy atom. The summed E-state index contributed by atoms with van der Waals surface area (Å²) >= 11 is 5.84. The van der Waals surface area contributed by atoms with Crippen molar-refractivity contribution in [3.8, 4) is 0 Å². The molecular weight excluding hydrogens is 310 g/mol. The Labute approximate surface area is 131 Å². The number of piperidine rings is 1. The van der Waals surface area contributed by atoms with Crippen LogP contribution in [-0.4, -0.2) is 54.4 Å². The standard InChI is InChI=1S/C14H22ClN3O2S/c1-16-11-14(8-13(16)9-15)21(19,20)18-7-6-17-5-3-2-4-12(17)10-18/h8,11-12H,2-7,9-10H2,1H3. The van der Waals surface area contributed by atoms with Gasteiger partial charge in [-0.15, -0.1) is 11.6 Å². The number of sulfonamides is 1. The summed E-state index contributed by atoms with van der Waals surface area (Å²) in [5.41, 5.74) is 0.826. The van der Waals surface area contributed by atoms with Crippen molar-refractivity contribution in [2.24, 2.45) is 7.05 Å². The maximum absolute atomic E-state index is 12.8. The molecule has 21 heavy (non-hydrogen) atoms. The highest BCUT2D eigenvalue weighted by molar-refractivity contribution is 7.89. The Morgan fingerprint density at radius 1 is 1.29 bits per heavy atom. The lowest BCUT2D eigenvalue weighted by molar-refractivity contribution is 0.0852. The van der Waals surface area contributed by atoms with Gasteiger partial charge in [-0.1, -0.05) is 6.42 Å². The molecule has 0 spiro atoms. The van der Waals surface area contributed by atoms with Gasteiger partial charge in [0.15, 0.2) is 0 Å². The maximum atomic E-state index is 12.8. The summed E-state index contributed by atoms with van der Waals surface area (Å²) in [5.74, 6) is 0.322. The molecule has 1 aromatic rings. The van der Waals surface area contributed by atoms with Crippen LogP contribution >= 0.6 is 11.6 Å². The van der Waals surface area contributed by atoms with Crippen LogP contribution < -0.4 is 0 Å². The molecule has 0 aromatic carbocycles. The first-order chi connectivity index (χ1) is 10.0. The highest BCUT2D eigenvalue weighted by Crippen LogP contribution is 2.26. The first-order valence-corrected chi connectivity index (χ1v) is 9.45. The lowest BCUT2D eigenvalue weighted by Crippen LogP contribution is -2.56. The number of hydrogen-bond acceptors (Lipinski definition) is 3. The summed E-state index contributed by atoms with van der Waals surface area (Å²) in [6, 6.07) is 2.08. The van der Waals surface area contributed by atoms with Crippen molar-refractivity contribution in [1.82, 2.24) is 13.8 Å². The van der Waals surface area contributed by atoms with Gasteiger partial charge in [-0.25, -0.2) is 8.42 Å². The molecule has 3 rings (SSSR count). The lowest BCUT2D eigenvalue weighted by Gasteiger charge is -2.43. The van der Waals surface area contributed by atoms with Crippen LogP contribution in [0.15, 0.2) is 17.2 Å². The van der Waals surface area contributed by atoms with Crippen molar-refractivity contribution >= 4 is 21.6 Å². The van der Waals surface area contributed by atoms with Crippen LogP contribution in [0.4, 0.5) is 0 Å². The predicted octanol–water partition coefficient (Wildman–Crippen LogP) is 1.62. The molecule has 1 unspecified atom stereocenters. The summed E-state index contributed by atoms with van der Waals surface area (Å²) in [6.07, 6.45) is 5.21. The molecule has 0 bridgehead atoms. The van der Waals surface area contributed by atoms with Crippen LogP contribution in [0, 0.1) is 0 Å². The van der Waals surface area contributed by atoms with E-state index in [-0.39, 0.29) is 0 Å².